The number of aryl methyl sites for hydroxylation is 1. The molecule has 0 spiro atoms. The van der Waals surface area contributed by atoms with Crippen LogP contribution >= 0.6 is 11.3 Å². The van der Waals surface area contributed by atoms with Crippen LogP contribution in [0.1, 0.15) is 30.2 Å². The smallest absolute Gasteiger partial charge is 0.308 e. The fraction of sp³-hybridized carbons (Fsp3) is 0.286. The Balaban J connectivity index is 1.95. The molecule has 0 fully saturated rings. The molecule has 4 nitrogen and oxygen atoms in total. The number of aromatic nitrogens is 1. The van der Waals surface area contributed by atoms with Crippen molar-refractivity contribution >= 4 is 28.2 Å². The molecule has 0 aliphatic rings. The van der Waals surface area contributed by atoms with E-state index in [0.29, 0.717) is 11.0 Å². The fourth-order valence-electron chi connectivity index (χ4n) is 1.51. The van der Waals surface area contributed by atoms with E-state index in [1.54, 1.807) is 6.20 Å². The van der Waals surface area contributed by atoms with Gasteiger partial charge in [-0.25, -0.2) is 9.78 Å². The van der Waals surface area contributed by atoms with Crippen molar-refractivity contribution in [1.29, 1.82) is 0 Å². The molecule has 2 N–H and O–H groups in total. The minimum atomic E-state index is -0.270. The molecule has 2 aromatic rings. The predicted octanol–water partition coefficient (Wildman–Crippen LogP) is 4.22. The van der Waals surface area contributed by atoms with Crippen molar-refractivity contribution in [2.24, 2.45) is 0 Å². The molecule has 0 atom stereocenters. The summed E-state index contributed by atoms with van der Waals surface area (Å²) in [5.74, 6) is 0.424. The first-order valence-corrected chi connectivity index (χ1v) is 6.96. The van der Waals surface area contributed by atoms with Crippen LogP contribution in [0.4, 0.5) is 15.6 Å². The first kappa shape index (κ1) is 13.5. The van der Waals surface area contributed by atoms with E-state index in [-0.39, 0.29) is 6.03 Å². The number of carbonyl (C=O) groups excluding carboxylic acids is 1. The van der Waals surface area contributed by atoms with E-state index in [2.05, 4.69) is 29.5 Å². The summed E-state index contributed by atoms with van der Waals surface area (Å²) in [4.78, 5) is 17.1. The molecule has 0 radical (unpaired) electrons. The number of amides is 2. The van der Waals surface area contributed by atoms with Gasteiger partial charge < -0.3 is 5.32 Å². The molecular weight excluding hydrogens is 258 g/mol. The summed E-state index contributed by atoms with van der Waals surface area (Å²) in [7, 11) is 0. The van der Waals surface area contributed by atoms with E-state index in [1.165, 1.54) is 11.3 Å². The highest BCUT2D eigenvalue weighted by atomic mass is 32.1. The minimum Gasteiger partial charge on any atom is -0.308 e. The monoisotopic (exact) mass is 275 g/mol. The highest BCUT2D eigenvalue weighted by molar-refractivity contribution is 7.15. The van der Waals surface area contributed by atoms with E-state index >= 15 is 0 Å². The Bertz CT molecular complexity index is 560. The SMILES string of the molecule is Cc1ccc(NC(=O)Nc2ncc(C(C)C)s2)cc1. The van der Waals surface area contributed by atoms with E-state index in [0.717, 1.165) is 16.1 Å². The number of rotatable bonds is 3. The van der Waals surface area contributed by atoms with Gasteiger partial charge in [0.25, 0.3) is 0 Å². The third kappa shape index (κ3) is 3.79. The first-order valence-electron chi connectivity index (χ1n) is 6.15. The molecule has 0 bridgehead atoms. The molecule has 0 aliphatic carbocycles. The molecule has 5 heteroatoms. The predicted molar refractivity (Wildman–Crippen MR) is 80.0 cm³/mol. The fourth-order valence-corrected chi connectivity index (χ4v) is 2.32. The zero-order valence-electron chi connectivity index (χ0n) is 11.2. The van der Waals surface area contributed by atoms with Crippen molar-refractivity contribution in [3.63, 3.8) is 0 Å². The molecule has 0 saturated heterocycles. The van der Waals surface area contributed by atoms with Gasteiger partial charge in [0.15, 0.2) is 5.13 Å². The van der Waals surface area contributed by atoms with Gasteiger partial charge in [-0.3, -0.25) is 5.32 Å². The molecule has 19 heavy (non-hydrogen) atoms. The molecule has 0 unspecified atom stereocenters. The van der Waals surface area contributed by atoms with Crippen LogP contribution in [0.25, 0.3) is 0 Å². The van der Waals surface area contributed by atoms with Gasteiger partial charge in [-0.05, 0) is 25.0 Å². The summed E-state index contributed by atoms with van der Waals surface area (Å²) >= 11 is 1.50. The second-order valence-electron chi connectivity index (χ2n) is 4.67. The van der Waals surface area contributed by atoms with E-state index in [9.17, 15) is 4.79 Å². The Morgan fingerprint density at radius 1 is 1.21 bits per heavy atom. The minimum absolute atomic E-state index is 0.270. The summed E-state index contributed by atoms with van der Waals surface area (Å²) < 4.78 is 0. The van der Waals surface area contributed by atoms with Crippen molar-refractivity contribution in [3.05, 3.63) is 40.9 Å². The normalized spacial score (nSPS) is 10.5. The number of nitrogens with zero attached hydrogens (tertiary/aromatic N) is 1. The van der Waals surface area contributed by atoms with Gasteiger partial charge in [-0.1, -0.05) is 31.5 Å². The van der Waals surface area contributed by atoms with Crippen LogP contribution in [0.15, 0.2) is 30.5 Å². The summed E-state index contributed by atoms with van der Waals surface area (Å²) in [5.41, 5.74) is 1.93. The van der Waals surface area contributed by atoms with Crippen molar-refractivity contribution in [2.45, 2.75) is 26.7 Å². The van der Waals surface area contributed by atoms with Crippen molar-refractivity contribution in [1.82, 2.24) is 4.98 Å². The standard InChI is InChI=1S/C14H17N3OS/c1-9(2)12-8-15-14(19-12)17-13(18)16-11-6-4-10(3)5-7-11/h4-9H,1-3H3,(H2,15,16,17,18). The van der Waals surface area contributed by atoms with Crippen LogP contribution in [0, 0.1) is 6.92 Å². The molecule has 2 amide bonds. The van der Waals surface area contributed by atoms with Crippen LogP contribution < -0.4 is 10.6 Å². The second-order valence-corrected chi connectivity index (χ2v) is 5.73. The topological polar surface area (TPSA) is 54.0 Å². The maximum absolute atomic E-state index is 11.8. The van der Waals surface area contributed by atoms with E-state index < -0.39 is 0 Å². The maximum Gasteiger partial charge on any atom is 0.325 e. The summed E-state index contributed by atoms with van der Waals surface area (Å²) in [6, 6.07) is 7.38. The zero-order valence-corrected chi connectivity index (χ0v) is 12.0. The molecule has 1 heterocycles. The van der Waals surface area contributed by atoms with Gasteiger partial charge in [-0.2, -0.15) is 0 Å². The molecular formula is C14H17N3OS. The third-order valence-electron chi connectivity index (χ3n) is 2.62. The quantitative estimate of drug-likeness (QED) is 0.881. The molecule has 100 valence electrons. The summed E-state index contributed by atoms with van der Waals surface area (Å²) in [6.45, 7) is 6.21. The molecule has 0 saturated carbocycles. The molecule has 0 aliphatic heterocycles. The van der Waals surface area contributed by atoms with Crippen LogP contribution in [0.2, 0.25) is 0 Å². The van der Waals surface area contributed by atoms with E-state index in [1.807, 2.05) is 31.2 Å². The number of hydrogen-bond donors (Lipinski definition) is 2. The number of hydrogen-bond acceptors (Lipinski definition) is 3. The third-order valence-corrected chi connectivity index (χ3v) is 3.84. The number of nitrogens with one attached hydrogen (secondary N) is 2. The second kappa shape index (κ2) is 5.84. The van der Waals surface area contributed by atoms with Crippen molar-refractivity contribution in [3.8, 4) is 0 Å². The zero-order chi connectivity index (χ0) is 13.8. The number of thiazole rings is 1. The number of anilines is 2. The lowest BCUT2D eigenvalue weighted by atomic mass is 10.2. The Labute approximate surface area is 116 Å². The van der Waals surface area contributed by atoms with Gasteiger partial charge in [0, 0.05) is 16.8 Å². The number of urea groups is 1. The Morgan fingerprint density at radius 3 is 2.47 bits per heavy atom. The average molecular weight is 275 g/mol. The Hall–Kier alpha value is -1.88. The lowest BCUT2D eigenvalue weighted by molar-refractivity contribution is 0.262. The maximum atomic E-state index is 11.8. The van der Waals surface area contributed by atoms with Crippen LogP contribution in [-0.4, -0.2) is 11.0 Å². The van der Waals surface area contributed by atoms with Gasteiger partial charge in [-0.15, -0.1) is 11.3 Å². The van der Waals surface area contributed by atoms with E-state index in [4.69, 9.17) is 0 Å². The summed E-state index contributed by atoms with van der Waals surface area (Å²) in [5, 5.41) is 6.13. The average Bonchev–Trinajstić information content (AvgIpc) is 2.80. The van der Waals surface area contributed by atoms with Crippen LogP contribution in [0.3, 0.4) is 0 Å². The largest absolute Gasteiger partial charge is 0.325 e. The van der Waals surface area contributed by atoms with Crippen LogP contribution in [-0.2, 0) is 0 Å². The van der Waals surface area contributed by atoms with Crippen LogP contribution in [0.5, 0.6) is 0 Å². The first-order chi connectivity index (χ1) is 9.04. The Morgan fingerprint density at radius 2 is 1.89 bits per heavy atom. The van der Waals surface area contributed by atoms with Gasteiger partial charge in [0.1, 0.15) is 0 Å². The molecule has 1 aromatic heterocycles. The number of benzene rings is 1. The molecule has 1 aromatic carbocycles. The molecule has 2 rings (SSSR count). The lowest BCUT2D eigenvalue weighted by Crippen LogP contribution is -2.19. The summed E-state index contributed by atoms with van der Waals surface area (Å²) in [6.07, 6.45) is 1.80. The van der Waals surface area contributed by atoms with Gasteiger partial charge in [0.2, 0.25) is 0 Å². The lowest BCUT2D eigenvalue weighted by Gasteiger charge is -2.05. The van der Waals surface area contributed by atoms with Gasteiger partial charge >= 0.3 is 6.03 Å². The Kier molecular flexibility index (Phi) is 4.16. The number of carbonyl (C=O) groups is 1. The highest BCUT2D eigenvalue weighted by Crippen LogP contribution is 2.25. The highest BCUT2D eigenvalue weighted by Gasteiger charge is 2.08. The van der Waals surface area contributed by atoms with Crippen molar-refractivity contribution in [2.75, 3.05) is 10.6 Å². The van der Waals surface area contributed by atoms with Crippen molar-refractivity contribution < 1.29 is 4.79 Å². The van der Waals surface area contributed by atoms with Gasteiger partial charge in [0.05, 0.1) is 0 Å².